The van der Waals surface area contributed by atoms with E-state index in [0.29, 0.717) is 25.7 Å². The van der Waals surface area contributed by atoms with Gasteiger partial charge in [0.25, 0.3) is 0 Å². The van der Waals surface area contributed by atoms with Crippen molar-refractivity contribution in [1.29, 1.82) is 0 Å². The molecular formula is C31H56N2O8-2. The molecule has 2 N–H and O–H groups in total. The van der Waals surface area contributed by atoms with E-state index < -0.39 is 62.5 Å². The van der Waals surface area contributed by atoms with Crippen LogP contribution in [0.25, 0.3) is 0 Å². The molecule has 0 spiro atoms. The first-order valence-electron chi connectivity index (χ1n) is 14.9. The molecule has 2 saturated heterocycles. The third-order valence-corrected chi connectivity index (χ3v) is 8.86. The molecule has 2 fully saturated rings. The van der Waals surface area contributed by atoms with Crippen LogP contribution in [0.4, 0.5) is 0 Å². The van der Waals surface area contributed by atoms with E-state index in [1.54, 1.807) is 27.7 Å². The number of hydroxylamine groups is 4. The fourth-order valence-corrected chi connectivity index (χ4v) is 7.89. The Morgan fingerprint density at radius 2 is 1.00 bits per heavy atom. The number of carbonyl (C=O) groups excluding carboxylic acids is 2. The smallest absolute Gasteiger partial charge is 0.0967 e. The normalized spacial score (nSPS) is 24.3. The molecule has 0 radical (unpaired) electrons. The summed E-state index contributed by atoms with van der Waals surface area (Å²) in [6.45, 7) is 22.8. The van der Waals surface area contributed by atoms with Crippen LogP contribution in [0, 0.1) is 17.3 Å². The van der Waals surface area contributed by atoms with Crippen LogP contribution in [0.15, 0.2) is 0 Å². The minimum Gasteiger partial charge on any atom is -0.550 e. The Morgan fingerprint density at radius 1 is 0.707 bits per heavy atom. The van der Waals surface area contributed by atoms with Crippen molar-refractivity contribution < 1.29 is 39.7 Å². The maximum absolute atomic E-state index is 13.5. The van der Waals surface area contributed by atoms with E-state index in [2.05, 4.69) is 0 Å². The molecule has 0 unspecified atom stereocenters. The standard InChI is InChI=1S/C31H58N2O8/c1-25(2)15-21(16-26(3,4)32(25)40-19-29(9,10)38)31(24(36)37,14-13-23(34)35)22-17-27(5,6)33(28(7,8)18-22)41-20-30(11,12)39/h21-22,38-39H,13-20H2,1-12H3,(H,34,35)(H,36,37)/p-2. The van der Waals surface area contributed by atoms with Gasteiger partial charge >= 0.3 is 0 Å². The lowest BCUT2D eigenvalue weighted by molar-refractivity contribution is -0.346. The number of rotatable bonds is 12. The average molecular weight is 585 g/mol. The van der Waals surface area contributed by atoms with Crippen LogP contribution in [-0.2, 0) is 19.3 Å². The van der Waals surface area contributed by atoms with E-state index in [9.17, 15) is 30.0 Å². The molecule has 0 aromatic rings. The van der Waals surface area contributed by atoms with Crippen LogP contribution in [0.2, 0.25) is 0 Å². The first-order valence-corrected chi connectivity index (χ1v) is 14.9. The highest BCUT2D eigenvalue weighted by atomic mass is 16.7. The van der Waals surface area contributed by atoms with Crippen LogP contribution in [-0.4, -0.2) is 78.8 Å². The van der Waals surface area contributed by atoms with Gasteiger partial charge in [-0.25, -0.2) is 0 Å². The van der Waals surface area contributed by atoms with Gasteiger partial charge in [0.15, 0.2) is 0 Å². The van der Waals surface area contributed by atoms with Crippen molar-refractivity contribution in [2.75, 3.05) is 13.2 Å². The minimum absolute atomic E-state index is 0.0757. The lowest BCUT2D eigenvalue weighted by Crippen LogP contribution is -2.68. The van der Waals surface area contributed by atoms with Crippen LogP contribution in [0.1, 0.15) is 122 Å². The second kappa shape index (κ2) is 11.7. The summed E-state index contributed by atoms with van der Waals surface area (Å²) in [5.41, 5.74) is -6.05. The van der Waals surface area contributed by atoms with Gasteiger partial charge < -0.3 is 30.0 Å². The van der Waals surface area contributed by atoms with Crippen LogP contribution < -0.4 is 10.2 Å². The van der Waals surface area contributed by atoms with Gasteiger partial charge in [0, 0.05) is 39.5 Å². The molecule has 2 rings (SSSR count). The molecule has 2 heterocycles. The third-order valence-electron chi connectivity index (χ3n) is 8.86. The van der Waals surface area contributed by atoms with E-state index >= 15 is 0 Å². The summed E-state index contributed by atoms with van der Waals surface area (Å²) in [5, 5.41) is 49.6. The number of carboxylic acids is 2. The summed E-state index contributed by atoms with van der Waals surface area (Å²) in [4.78, 5) is 37.6. The summed E-state index contributed by atoms with van der Waals surface area (Å²) >= 11 is 0. The molecule has 0 atom stereocenters. The molecule has 0 aromatic carbocycles. The second-order valence-corrected chi connectivity index (χ2v) is 16.4. The fourth-order valence-electron chi connectivity index (χ4n) is 7.89. The van der Waals surface area contributed by atoms with Gasteiger partial charge in [-0.2, -0.15) is 10.1 Å². The van der Waals surface area contributed by atoms with Gasteiger partial charge in [-0.15, -0.1) is 0 Å². The van der Waals surface area contributed by atoms with E-state index in [4.69, 9.17) is 9.68 Å². The highest BCUT2D eigenvalue weighted by Crippen LogP contribution is 2.58. The van der Waals surface area contributed by atoms with Crippen molar-refractivity contribution in [3.8, 4) is 0 Å². The van der Waals surface area contributed by atoms with Crippen molar-refractivity contribution in [1.82, 2.24) is 10.1 Å². The van der Waals surface area contributed by atoms with Gasteiger partial charge in [-0.05, 0) is 133 Å². The Bertz CT molecular complexity index is 851. The lowest BCUT2D eigenvalue weighted by atomic mass is 9.52. The van der Waals surface area contributed by atoms with Crippen LogP contribution in [0.5, 0.6) is 0 Å². The summed E-state index contributed by atoms with van der Waals surface area (Å²) < 4.78 is 0. The first-order chi connectivity index (χ1) is 18.2. The van der Waals surface area contributed by atoms with E-state index in [1.165, 1.54) is 0 Å². The molecule has 0 saturated carbocycles. The largest absolute Gasteiger partial charge is 0.550 e. The van der Waals surface area contributed by atoms with Gasteiger partial charge in [0.05, 0.1) is 24.4 Å². The molecular weight excluding hydrogens is 528 g/mol. The SMILES string of the molecule is CC(C)(O)CON1C(C)(C)CC(C(CCC(=O)[O-])(C(=O)[O-])C2CC(C)(C)N(OCC(C)(C)O)C(C)(C)C2)CC1(C)C. The number of aliphatic carboxylic acids is 2. The van der Waals surface area contributed by atoms with Gasteiger partial charge in [-0.1, -0.05) is 0 Å². The number of nitrogens with zero attached hydrogens (tertiary/aromatic N) is 2. The number of carbonyl (C=O) groups is 2. The van der Waals surface area contributed by atoms with Crippen molar-refractivity contribution in [2.24, 2.45) is 17.3 Å². The molecule has 2 aliphatic rings. The molecule has 0 amide bonds. The van der Waals surface area contributed by atoms with E-state index in [1.807, 2.05) is 65.5 Å². The molecule has 41 heavy (non-hydrogen) atoms. The third kappa shape index (κ3) is 8.42. The highest BCUT2D eigenvalue weighted by molar-refractivity contribution is 5.75. The molecule has 240 valence electrons. The van der Waals surface area contributed by atoms with Crippen molar-refractivity contribution in [2.45, 2.75) is 155 Å². The molecule has 10 nitrogen and oxygen atoms in total. The topological polar surface area (TPSA) is 146 Å². The molecule has 10 heteroatoms. The van der Waals surface area contributed by atoms with Crippen molar-refractivity contribution in [3.63, 3.8) is 0 Å². The monoisotopic (exact) mass is 584 g/mol. The zero-order valence-electron chi connectivity index (χ0n) is 27.5. The zero-order chi connectivity index (χ0) is 32.0. The maximum atomic E-state index is 13.5. The van der Waals surface area contributed by atoms with E-state index in [-0.39, 0.29) is 26.1 Å². The Kier molecular flexibility index (Phi) is 10.2. The molecule has 2 aliphatic heterocycles. The average Bonchev–Trinajstić information content (AvgIpc) is 2.68. The van der Waals surface area contributed by atoms with Crippen LogP contribution >= 0.6 is 0 Å². The number of hydrogen-bond donors (Lipinski definition) is 2. The quantitative estimate of drug-likeness (QED) is 0.350. The molecule has 0 aromatic heterocycles. The minimum atomic E-state index is -1.45. The summed E-state index contributed by atoms with van der Waals surface area (Å²) in [5.74, 6) is -3.35. The van der Waals surface area contributed by atoms with Crippen molar-refractivity contribution in [3.05, 3.63) is 0 Å². The lowest BCUT2D eigenvalue weighted by Gasteiger charge is -2.63. The molecule has 0 bridgehead atoms. The zero-order valence-corrected chi connectivity index (χ0v) is 27.5. The summed E-state index contributed by atoms with van der Waals surface area (Å²) in [6, 6.07) is 0. The van der Waals surface area contributed by atoms with Crippen molar-refractivity contribution >= 4 is 11.9 Å². The summed E-state index contributed by atoms with van der Waals surface area (Å²) in [6.07, 6.45) is 1.24. The number of piperidine rings is 2. The molecule has 0 aliphatic carbocycles. The maximum Gasteiger partial charge on any atom is 0.0967 e. The first kappa shape index (κ1) is 35.9. The van der Waals surface area contributed by atoms with Crippen LogP contribution in [0.3, 0.4) is 0 Å². The van der Waals surface area contributed by atoms with Gasteiger partial charge in [-0.3, -0.25) is 9.68 Å². The number of carboxylic acid groups (broad SMARTS) is 2. The van der Waals surface area contributed by atoms with Gasteiger partial charge in [0.2, 0.25) is 0 Å². The number of aliphatic hydroxyl groups is 2. The fraction of sp³-hybridized carbons (Fsp3) is 0.935. The Morgan fingerprint density at radius 3 is 1.22 bits per heavy atom. The summed E-state index contributed by atoms with van der Waals surface area (Å²) in [7, 11) is 0. The Balaban J connectivity index is 2.58. The highest BCUT2D eigenvalue weighted by Gasteiger charge is 2.59. The van der Waals surface area contributed by atoms with E-state index in [0.717, 1.165) is 0 Å². The number of hydrogen-bond acceptors (Lipinski definition) is 10. The Labute approximate surface area is 247 Å². The predicted octanol–water partition coefficient (Wildman–Crippen LogP) is 2.20. The van der Waals surface area contributed by atoms with Gasteiger partial charge in [0.1, 0.15) is 0 Å². The second-order valence-electron chi connectivity index (χ2n) is 16.4. The predicted molar refractivity (Wildman–Crippen MR) is 152 cm³/mol. The Hall–Kier alpha value is -1.30.